The zero-order valence-corrected chi connectivity index (χ0v) is 9.66. The molecule has 82 valence electrons. The predicted octanol–water partition coefficient (Wildman–Crippen LogP) is 2.14. The molecule has 1 fully saturated rings. The highest BCUT2D eigenvalue weighted by molar-refractivity contribution is 5.87. The van der Waals surface area contributed by atoms with Crippen LogP contribution in [-0.2, 0) is 14.3 Å². The lowest BCUT2D eigenvalue weighted by molar-refractivity contribution is -0.286. The number of ether oxygens (including phenoxy) is 2. The lowest BCUT2D eigenvalue weighted by atomic mass is 9.99. The summed E-state index contributed by atoms with van der Waals surface area (Å²) in [6, 6.07) is 0. The molecular formula is C11H20O3. The maximum Gasteiger partial charge on any atom is 0.226 e. The molecule has 1 saturated heterocycles. The van der Waals surface area contributed by atoms with Crippen molar-refractivity contribution in [1.82, 2.24) is 0 Å². The highest BCUT2D eigenvalue weighted by Crippen LogP contribution is 2.29. The average molecular weight is 200 g/mol. The van der Waals surface area contributed by atoms with Crippen molar-refractivity contribution in [2.75, 3.05) is 0 Å². The summed E-state index contributed by atoms with van der Waals surface area (Å²) in [5.74, 6) is -1.07. The summed E-state index contributed by atoms with van der Waals surface area (Å²) in [4.78, 5) is 11.9. The zero-order chi connectivity index (χ0) is 10.9. The molecule has 1 rings (SSSR count). The van der Waals surface area contributed by atoms with E-state index >= 15 is 0 Å². The minimum Gasteiger partial charge on any atom is -0.341 e. The van der Waals surface area contributed by atoms with Gasteiger partial charge in [-0.15, -0.1) is 0 Å². The molecule has 0 aromatic carbocycles. The predicted molar refractivity (Wildman–Crippen MR) is 54.0 cm³/mol. The van der Waals surface area contributed by atoms with Gasteiger partial charge in [0.15, 0.2) is 5.78 Å². The van der Waals surface area contributed by atoms with Crippen LogP contribution in [0.5, 0.6) is 0 Å². The Kier molecular flexibility index (Phi) is 3.32. The Morgan fingerprint density at radius 1 is 1.29 bits per heavy atom. The molecule has 1 heterocycles. The highest BCUT2D eigenvalue weighted by Gasteiger charge is 2.43. The van der Waals surface area contributed by atoms with Crippen LogP contribution in [-0.4, -0.2) is 23.8 Å². The number of carbonyl (C=O) groups excluding carboxylic acids is 1. The summed E-state index contributed by atoms with van der Waals surface area (Å²) >= 11 is 0. The van der Waals surface area contributed by atoms with Crippen molar-refractivity contribution in [3.05, 3.63) is 0 Å². The van der Waals surface area contributed by atoms with Gasteiger partial charge in [-0.3, -0.25) is 4.79 Å². The molecule has 3 nitrogen and oxygen atoms in total. The topological polar surface area (TPSA) is 35.5 Å². The third-order valence-electron chi connectivity index (χ3n) is 2.49. The number of Topliss-reactive ketones (excluding diaryl/α,β-unsaturated/α-hetero) is 1. The van der Waals surface area contributed by atoms with Gasteiger partial charge in [-0.25, -0.2) is 0 Å². The van der Waals surface area contributed by atoms with Crippen LogP contribution in [0.15, 0.2) is 0 Å². The van der Waals surface area contributed by atoms with Gasteiger partial charge in [-0.05, 0) is 27.2 Å². The van der Waals surface area contributed by atoms with Gasteiger partial charge in [0, 0.05) is 5.92 Å². The van der Waals surface area contributed by atoms with E-state index in [1.807, 2.05) is 27.7 Å². The van der Waals surface area contributed by atoms with Crippen molar-refractivity contribution in [3.63, 3.8) is 0 Å². The summed E-state index contributed by atoms with van der Waals surface area (Å²) in [5, 5.41) is 0. The molecule has 0 aliphatic carbocycles. The van der Waals surface area contributed by atoms with Gasteiger partial charge in [0.05, 0.1) is 12.2 Å². The van der Waals surface area contributed by atoms with Gasteiger partial charge in [-0.1, -0.05) is 13.8 Å². The second kappa shape index (κ2) is 3.99. The number of hydrogen-bond acceptors (Lipinski definition) is 3. The molecular weight excluding hydrogens is 180 g/mol. The minimum atomic E-state index is -1.04. The SMILES string of the molecule is CC(C)C(=O)C1(C)O[C@@H](C)C[C@H](C)O1. The molecule has 2 atom stereocenters. The molecule has 0 amide bonds. The molecule has 0 saturated carbocycles. The van der Waals surface area contributed by atoms with Gasteiger partial charge in [-0.2, -0.15) is 0 Å². The van der Waals surface area contributed by atoms with E-state index in [4.69, 9.17) is 9.47 Å². The van der Waals surface area contributed by atoms with Crippen LogP contribution in [0, 0.1) is 5.92 Å². The van der Waals surface area contributed by atoms with Crippen molar-refractivity contribution in [2.45, 2.75) is 59.0 Å². The van der Waals surface area contributed by atoms with E-state index < -0.39 is 5.79 Å². The van der Waals surface area contributed by atoms with Crippen molar-refractivity contribution >= 4 is 5.78 Å². The number of carbonyl (C=O) groups is 1. The van der Waals surface area contributed by atoms with E-state index in [9.17, 15) is 4.79 Å². The fourth-order valence-electron chi connectivity index (χ4n) is 2.00. The Morgan fingerprint density at radius 2 is 1.71 bits per heavy atom. The monoisotopic (exact) mass is 200 g/mol. The second-order valence-electron chi connectivity index (χ2n) is 4.56. The van der Waals surface area contributed by atoms with Crippen molar-refractivity contribution in [1.29, 1.82) is 0 Å². The van der Waals surface area contributed by atoms with E-state index in [-0.39, 0.29) is 23.9 Å². The third kappa shape index (κ3) is 2.34. The molecule has 0 aromatic heterocycles. The Bertz CT molecular complexity index is 213. The van der Waals surface area contributed by atoms with Gasteiger partial charge < -0.3 is 9.47 Å². The van der Waals surface area contributed by atoms with Gasteiger partial charge in [0.2, 0.25) is 5.79 Å². The molecule has 1 aliphatic rings. The highest BCUT2D eigenvalue weighted by atomic mass is 16.7. The average Bonchev–Trinajstić information content (AvgIpc) is 1.99. The number of ketones is 1. The number of rotatable bonds is 2. The molecule has 14 heavy (non-hydrogen) atoms. The molecule has 1 aliphatic heterocycles. The second-order valence-corrected chi connectivity index (χ2v) is 4.56. The maximum atomic E-state index is 11.9. The van der Waals surface area contributed by atoms with Crippen molar-refractivity contribution < 1.29 is 14.3 Å². The standard InChI is InChI=1S/C11H20O3/c1-7(2)10(12)11(5)13-8(3)6-9(4)14-11/h7-9H,6H2,1-5H3/t8-,9-/m0/s1. The molecule has 0 spiro atoms. The van der Waals surface area contributed by atoms with Gasteiger partial charge >= 0.3 is 0 Å². The van der Waals surface area contributed by atoms with E-state index in [1.165, 1.54) is 0 Å². The Labute approximate surface area is 85.8 Å². The zero-order valence-electron chi connectivity index (χ0n) is 9.66. The van der Waals surface area contributed by atoms with E-state index in [2.05, 4.69) is 0 Å². The molecule has 0 bridgehead atoms. The summed E-state index contributed by atoms with van der Waals surface area (Å²) in [5.41, 5.74) is 0. The van der Waals surface area contributed by atoms with E-state index in [1.54, 1.807) is 6.92 Å². The van der Waals surface area contributed by atoms with Crippen LogP contribution in [0.4, 0.5) is 0 Å². The third-order valence-corrected chi connectivity index (χ3v) is 2.49. The Balaban J connectivity index is 2.77. The molecule has 0 N–H and O–H groups in total. The lowest BCUT2D eigenvalue weighted by Crippen LogP contribution is -2.51. The van der Waals surface area contributed by atoms with Crippen molar-refractivity contribution in [3.8, 4) is 0 Å². The first kappa shape index (κ1) is 11.7. The van der Waals surface area contributed by atoms with Gasteiger partial charge in [0.1, 0.15) is 0 Å². The van der Waals surface area contributed by atoms with Crippen LogP contribution in [0.25, 0.3) is 0 Å². The number of hydrogen-bond donors (Lipinski definition) is 0. The summed E-state index contributed by atoms with van der Waals surface area (Å²) in [6.45, 7) is 9.41. The molecule has 0 radical (unpaired) electrons. The molecule has 0 unspecified atom stereocenters. The Morgan fingerprint density at radius 3 is 2.07 bits per heavy atom. The van der Waals surface area contributed by atoms with Crippen LogP contribution < -0.4 is 0 Å². The van der Waals surface area contributed by atoms with Crippen molar-refractivity contribution in [2.24, 2.45) is 5.92 Å². The maximum absolute atomic E-state index is 11.9. The quantitative estimate of drug-likeness (QED) is 0.685. The van der Waals surface area contributed by atoms with E-state index in [0.29, 0.717) is 0 Å². The normalized spacial score (nSPS) is 38.7. The van der Waals surface area contributed by atoms with E-state index in [0.717, 1.165) is 6.42 Å². The first-order chi connectivity index (χ1) is 6.35. The first-order valence-electron chi connectivity index (χ1n) is 5.25. The van der Waals surface area contributed by atoms with Crippen LogP contribution in [0.2, 0.25) is 0 Å². The largest absolute Gasteiger partial charge is 0.341 e. The fraction of sp³-hybridized carbons (Fsp3) is 0.909. The lowest BCUT2D eigenvalue weighted by Gasteiger charge is -2.40. The van der Waals surface area contributed by atoms with Crippen LogP contribution in [0.3, 0.4) is 0 Å². The Hall–Kier alpha value is -0.410. The first-order valence-corrected chi connectivity index (χ1v) is 5.25. The smallest absolute Gasteiger partial charge is 0.226 e. The van der Waals surface area contributed by atoms with Crippen LogP contribution >= 0.6 is 0 Å². The fourth-order valence-corrected chi connectivity index (χ4v) is 2.00. The van der Waals surface area contributed by atoms with Gasteiger partial charge in [0.25, 0.3) is 0 Å². The minimum absolute atomic E-state index is 0.0240. The summed E-state index contributed by atoms with van der Waals surface area (Å²) in [7, 11) is 0. The molecule has 0 aromatic rings. The summed E-state index contributed by atoms with van der Waals surface area (Å²) < 4.78 is 11.2. The molecule has 3 heteroatoms. The summed E-state index contributed by atoms with van der Waals surface area (Å²) in [6.07, 6.45) is 1.03. The van der Waals surface area contributed by atoms with Crippen LogP contribution in [0.1, 0.15) is 41.0 Å².